The van der Waals surface area contributed by atoms with Crippen molar-refractivity contribution in [3.05, 3.63) is 92.5 Å². The van der Waals surface area contributed by atoms with Crippen molar-refractivity contribution in [3.63, 3.8) is 0 Å². The number of anilines is 2. The lowest BCUT2D eigenvalue weighted by atomic mass is 10.2. The first-order chi connectivity index (χ1) is 17.4. The molecule has 2 aromatic rings. The maximum Gasteiger partial charge on any atom is 0.184 e. The van der Waals surface area contributed by atoms with Gasteiger partial charge in [-0.3, -0.25) is 9.80 Å². The fourth-order valence-electron chi connectivity index (χ4n) is 4.52. The third-order valence-electron chi connectivity index (χ3n) is 6.22. The van der Waals surface area contributed by atoms with Gasteiger partial charge < -0.3 is 20.2 Å². The Balaban J connectivity index is 1.54. The predicted octanol–water partition coefficient (Wildman–Crippen LogP) is 1.15. The zero-order valence-corrected chi connectivity index (χ0v) is 22.0. The summed E-state index contributed by atoms with van der Waals surface area (Å²) in [6, 6.07) is 19.6. The van der Waals surface area contributed by atoms with Gasteiger partial charge >= 0.3 is 0 Å². The molecule has 0 radical (unpaired) electrons. The van der Waals surface area contributed by atoms with Gasteiger partial charge in [-0.05, 0) is 36.8 Å². The van der Waals surface area contributed by atoms with E-state index in [1.807, 2.05) is 83.0 Å². The summed E-state index contributed by atoms with van der Waals surface area (Å²) in [7, 11) is 0. The molecule has 0 saturated heterocycles. The van der Waals surface area contributed by atoms with Crippen LogP contribution < -0.4 is 20.3 Å². The molecule has 2 unspecified atom stereocenters. The summed E-state index contributed by atoms with van der Waals surface area (Å²) in [6.45, 7) is 3.00. The third-order valence-corrected chi connectivity index (χ3v) is 7.93. The first-order valence-electron chi connectivity index (χ1n) is 11.5. The summed E-state index contributed by atoms with van der Waals surface area (Å²) >= 11 is 2.89. The molecule has 0 fully saturated rings. The molecule has 0 aliphatic carbocycles. The van der Waals surface area contributed by atoms with Crippen LogP contribution >= 0.6 is 23.5 Å². The average molecular weight is 533 g/mol. The maximum atomic E-state index is 12.1. The Morgan fingerprint density at radius 1 is 0.694 bits per heavy atom. The largest absolute Gasteiger partial charge is 0.595 e. The van der Waals surface area contributed by atoms with E-state index in [4.69, 9.17) is 0 Å². The van der Waals surface area contributed by atoms with E-state index in [0.29, 0.717) is 50.9 Å². The Labute approximate surface area is 219 Å². The number of para-hydroxylation sites is 2. The van der Waals surface area contributed by atoms with Gasteiger partial charge in [0, 0.05) is 24.5 Å². The zero-order valence-electron chi connectivity index (χ0n) is 20.3. The van der Waals surface area contributed by atoms with Gasteiger partial charge in [0.15, 0.2) is 11.4 Å². The number of hydrogen-bond acceptors (Lipinski definition) is 10. The smallest absolute Gasteiger partial charge is 0.184 e. The van der Waals surface area contributed by atoms with Crippen LogP contribution in [0.25, 0.3) is 0 Å². The second-order valence-corrected chi connectivity index (χ2v) is 10.1. The summed E-state index contributed by atoms with van der Waals surface area (Å²) < 4.78 is 0. The van der Waals surface area contributed by atoms with Crippen molar-refractivity contribution in [1.29, 1.82) is 0 Å². The van der Waals surface area contributed by atoms with E-state index >= 15 is 0 Å². The predicted molar refractivity (Wildman–Crippen MR) is 144 cm³/mol. The number of hydrogen-bond donors (Lipinski definition) is 4. The van der Waals surface area contributed by atoms with E-state index in [9.17, 15) is 20.8 Å². The van der Waals surface area contributed by atoms with Gasteiger partial charge in [0.1, 0.15) is 10.1 Å². The number of nitrogens with zero attached hydrogens (tertiary/aromatic N) is 4. The van der Waals surface area contributed by atoms with Crippen molar-refractivity contribution in [1.82, 2.24) is 9.80 Å². The fourth-order valence-corrected chi connectivity index (χ4v) is 6.08. The number of nitrogens with one attached hydrogen (secondary N) is 2. The Bertz CT molecular complexity index is 985. The molecule has 194 valence electrons. The van der Waals surface area contributed by atoms with Gasteiger partial charge in [0.2, 0.25) is 0 Å². The number of hydroxylamine groups is 4. The Morgan fingerprint density at radius 3 is 1.36 bits per heavy atom. The highest BCUT2D eigenvalue weighted by Gasteiger charge is 2.33. The van der Waals surface area contributed by atoms with Crippen molar-refractivity contribution in [2.45, 2.75) is 0 Å². The molecule has 12 heteroatoms. The fraction of sp³-hybridized carbons (Fsp3) is 0.333. The van der Waals surface area contributed by atoms with Crippen molar-refractivity contribution in [2.75, 3.05) is 61.8 Å². The van der Waals surface area contributed by atoms with Gasteiger partial charge in [-0.15, -0.1) is 23.5 Å². The van der Waals surface area contributed by atoms with Crippen LogP contribution in [0.1, 0.15) is 0 Å². The molecule has 0 spiro atoms. The van der Waals surface area contributed by atoms with Crippen LogP contribution in [0.3, 0.4) is 0 Å². The minimum absolute atomic E-state index is 0.336. The minimum atomic E-state index is -0.918. The molecule has 2 aromatic carbocycles. The molecule has 2 heterocycles. The SMILES string of the molecule is CSC1=C([NH+]([O-])O)CN(CCN2CC([NH+]([O-])O)=C(SC)N(c3ccccc3)C2)CN1c1ccccc1. The molecule has 0 aromatic heterocycles. The lowest BCUT2D eigenvalue weighted by Gasteiger charge is -2.42. The van der Waals surface area contributed by atoms with E-state index in [2.05, 4.69) is 9.80 Å². The summed E-state index contributed by atoms with van der Waals surface area (Å²) in [6.07, 6.45) is 3.80. The van der Waals surface area contributed by atoms with Crippen LogP contribution in [0.15, 0.2) is 82.1 Å². The highest BCUT2D eigenvalue weighted by molar-refractivity contribution is 8.02. The monoisotopic (exact) mass is 532 g/mol. The van der Waals surface area contributed by atoms with E-state index in [1.165, 1.54) is 23.5 Å². The van der Waals surface area contributed by atoms with Crippen LogP contribution in [0.5, 0.6) is 0 Å². The quantitative estimate of drug-likeness (QED) is 0.351. The topological polar surface area (TPSA) is 108 Å². The van der Waals surface area contributed by atoms with Crippen LogP contribution in [0.4, 0.5) is 11.4 Å². The molecule has 10 nitrogen and oxygen atoms in total. The molecule has 4 rings (SSSR count). The van der Waals surface area contributed by atoms with E-state index in [0.717, 1.165) is 21.4 Å². The molecule has 0 saturated carbocycles. The molecule has 36 heavy (non-hydrogen) atoms. The van der Waals surface area contributed by atoms with Gasteiger partial charge in [0.25, 0.3) is 0 Å². The maximum absolute atomic E-state index is 12.1. The van der Waals surface area contributed by atoms with Crippen molar-refractivity contribution in [3.8, 4) is 0 Å². The second-order valence-electron chi connectivity index (χ2n) is 8.50. The van der Waals surface area contributed by atoms with Gasteiger partial charge in [-0.25, -0.2) is 10.4 Å². The summed E-state index contributed by atoms with van der Waals surface area (Å²) in [5, 5.41) is 43.8. The first-order valence-corrected chi connectivity index (χ1v) is 14.0. The molecule has 2 aliphatic rings. The number of rotatable bonds is 9. The Morgan fingerprint density at radius 2 is 1.06 bits per heavy atom. The molecule has 0 bridgehead atoms. The van der Waals surface area contributed by atoms with E-state index in [-0.39, 0.29) is 0 Å². The molecule has 0 amide bonds. The lowest BCUT2D eigenvalue weighted by Crippen LogP contribution is -3.04. The van der Waals surface area contributed by atoms with Crippen LogP contribution in [0, 0.1) is 10.4 Å². The summed E-state index contributed by atoms with van der Waals surface area (Å²) in [4.78, 5) is 8.30. The number of quaternary nitrogens is 2. The van der Waals surface area contributed by atoms with Gasteiger partial charge in [0.05, 0.1) is 26.4 Å². The number of benzene rings is 2. The Hall–Kier alpha value is -2.10. The van der Waals surface area contributed by atoms with Gasteiger partial charge in [-0.1, -0.05) is 36.4 Å². The van der Waals surface area contributed by atoms with Crippen LogP contribution in [-0.2, 0) is 0 Å². The van der Waals surface area contributed by atoms with Gasteiger partial charge in [-0.2, -0.15) is 10.5 Å². The second kappa shape index (κ2) is 12.4. The van der Waals surface area contributed by atoms with Crippen molar-refractivity contribution in [2.24, 2.45) is 0 Å². The average Bonchev–Trinajstić information content (AvgIpc) is 2.91. The summed E-state index contributed by atoms with van der Waals surface area (Å²) in [5.41, 5.74) is 2.63. The molecule has 2 aliphatic heterocycles. The minimum Gasteiger partial charge on any atom is -0.595 e. The lowest BCUT2D eigenvalue weighted by molar-refractivity contribution is -1.02. The highest BCUT2D eigenvalue weighted by atomic mass is 32.2. The standard InChI is InChI=1S/C24H32N6O4S2/c1-35-23-21(29(31)32)15-25(17-27(23)19-9-5-3-6-10-19)13-14-26-16-22(30(33)34)24(36-2)28(18-26)20-11-7-4-8-12-20/h3-12,29-31,33H,13-18H2,1-2H3. The number of thioether (sulfide) groups is 2. The molecule has 4 N–H and O–H groups in total. The summed E-state index contributed by atoms with van der Waals surface area (Å²) in [5.74, 6) is 0. The van der Waals surface area contributed by atoms with Crippen molar-refractivity contribution < 1.29 is 20.9 Å². The highest BCUT2D eigenvalue weighted by Crippen LogP contribution is 2.32. The zero-order chi connectivity index (χ0) is 25.7. The van der Waals surface area contributed by atoms with E-state index < -0.39 is 10.5 Å². The molecular formula is C24H32N6O4S2. The Kier molecular flexibility index (Phi) is 9.30. The van der Waals surface area contributed by atoms with E-state index in [1.54, 1.807) is 0 Å². The van der Waals surface area contributed by atoms with Crippen molar-refractivity contribution >= 4 is 34.9 Å². The third kappa shape index (κ3) is 6.06. The normalized spacial score (nSPS) is 19.7. The molecule has 2 atom stereocenters. The molecular weight excluding hydrogens is 500 g/mol. The van der Waals surface area contributed by atoms with Crippen LogP contribution in [-0.4, -0.2) is 72.2 Å². The van der Waals surface area contributed by atoms with Crippen LogP contribution in [0.2, 0.25) is 0 Å². The first kappa shape index (κ1) is 26.9.